The summed E-state index contributed by atoms with van der Waals surface area (Å²) in [6.45, 7) is 0. The fourth-order valence-electron chi connectivity index (χ4n) is 2.01. The molecule has 0 bridgehead atoms. The highest BCUT2D eigenvalue weighted by Crippen LogP contribution is 2.27. The van der Waals surface area contributed by atoms with Gasteiger partial charge in [0, 0.05) is 4.88 Å². The van der Waals surface area contributed by atoms with Crippen molar-refractivity contribution in [3.05, 3.63) is 46.2 Å². The quantitative estimate of drug-likeness (QED) is 0.541. The summed E-state index contributed by atoms with van der Waals surface area (Å²) in [6, 6.07) is 8.70. The van der Waals surface area contributed by atoms with Crippen LogP contribution in [0.5, 0.6) is 11.5 Å². The molecule has 2 aromatic rings. The van der Waals surface area contributed by atoms with Gasteiger partial charge in [0.1, 0.15) is 17.1 Å². The first-order valence-corrected chi connectivity index (χ1v) is 8.47. The van der Waals surface area contributed by atoms with Crippen LogP contribution in [0.2, 0.25) is 0 Å². The number of thiophene rings is 1. The Bertz CT molecular complexity index is 740. The van der Waals surface area contributed by atoms with Gasteiger partial charge in [-0.1, -0.05) is 12.1 Å². The van der Waals surface area contributed by atoms with Crippen LogP contribution < -0.4 is 25.6 Å². The van der Waals surface area contributed by atoms with Gasteiger partial charge in [-0.25, -0.2) is 0 Å². The lowest BCUT2D eigenvalue weighted by Crippen LogP contribution is -2.48. The smallest absolute Gasteiger partial charge is 0.265 e. The molecule has 0 unspecified atom stereocenters. The van der Waals surface area contributed by atoms with E-state index in [2.05, 4.69) is 16.2 Å². The molecule has 0 atom stereocenters. The number of benzene rings is 1. The third kappa shape index (κ3) is 5.16. The zero-order valence-corrected chi connectivity index (χ0v) is 15.3. The molecule has 0 saturated carbocycles. The fourth-order valence-corrected chi connectivity index (χ4v) is 2.86. The van der Waals surface area contributed by atoms with E-state index < -0.39 is 5.91 Å². The van der Waals surface area contributed by atoms with Crippen LogP contribution in [0, 0.1) is 0 Å². The number of hydrogen-bond acceptors (Lipinski definition) is 6. The number of methoxy groups -OCH3 is 2. The zero-order valence-electron chi connectivity index (χ0n) is 13.6. The van der Waals surface area contributed by atoms with Crippen LogP contribution in [-0.4, -0.2) is 31.1 Å². The molecule has 0 radical (unpaired) electrons. The van der Waals surface area contributed by atoms with Gasteiger partial charge in [0.2, 0.25) is 5.91 Å². The number of amides is 2. The molecule has 0 aliphatic heterocycles. The van der Waals surface area contributed by atoms with E-state index in [1.54, 1.807) is 18.2 Å². The Kier molecular flexibility index (Phi) is 6.72. The Labute approximate surface area is 154 Å². The number of nitrogens with one attached hydrogen (secondary N) is 3. The van der Waals surface area contributed by atoms with Crippen LogP contribution in [0.25, 0.3) is 0 Å². The number of hydrazine groups is 1. The van der Waals surface area contributed by atoms with Crippen LogP contribution in [0.1, 0.15) is 15.2 Å². The van der Waals surface area contributed by atoms with Gasteiger partial charge >= 0.3 is 0 Å². The molecule has 25 heavy (non-hydrogen) atoms. The van der Waals surface area contributed by atoms with Crippen LogP contribution in [0.15, 0.2) is 35.7 Å². The van der Waals surface area contributed by atoms with E-state index in [1.807, 2.05) is 17.5 Å². The van der Waals surface area contributed by atoms with Gasteiger partial charge < -0.3 is 9.47 Å². The summed E-state index contributed by atoms with van der Waals surface area (Å²) in [7, 11) is 2.90. The van der Waals surface area contributed by atoms with Crippen molar-refractivity contribution in [1.82, 2.24) is 16.2 Å². The van der Waals surface area contributed by atoms with E-state index in [1.165, 1.54) is 25.6 Å². The SMILES string of the molecule is COc1cccc(OC)c1C(=O)NC(=S)NNC(=O)Cc1cccs1. The zero-order chi connectivity index (χ0) is 18.2. The highest BCUT2D eigenvalue weighted by molar-refractivity contribution is 7.80. The van der Waals surface area contributed by atoms with Crippen LogP contribution in [-0.2, 0) is 11.2 Å². The highest BCUT2D eigenvalue weighted by atomic mass is 32.1. The summed E-state index contributed by atoms with van der Waals surface area (Å²) < 4.78 is 10.3. The van der Waals surface area contributed by atoms with Crippen LogP contribution in [0.3, 0.4) is 0 Å². The summed E-state index contributed by atoms with van der Waals surface area (Å²) in [5, 5.41) is 4.32. The van der Waals surface area contributed by atoms with E-state index in [9.17, 15) is 9.59 Å². The maximum absolute atomic E-state index is 12.4. The Morgan fingerprint density at radius 2 is 1.76 bits per heavy atom. The van der Waals surface area contributed by atoms with Crippen molar-refractivity contribution in [3.8, 4) is 11.5 Å². The number of rotatable bonds is 5. The highest BCUT2D eigenvalue weighted by Gasteiger charge is 2.19. The molecule has 7 nitrogen and oxygen atoms in total. The lowest BCUT2D eigenvalue weighted by atomic mass is 10.1. The molecule has 0 saturated heterocycles. The van der Waals surface area contributed by atoms with Crippen molar-refractivity contribution in [2.24, 2.45) is 0 Å². The van der Waals surface area contributed by atoms with Crippen LogP contribution in [0.4, 0.5) is 0 Å². The van der Waals surface area contributed by atoms with E-state index in [0.29, 0.717) is 11.5 Å². The first kappa shape index (κ1) is 18.7. The van der Waals surface area contributed by atoms with Gasteiger partial charge in [-0.15, -0.1) is 11.3 Å². The molecule has 3 N–H and O–H groups in total. The molecule has 1 heterocycles. The predicted octanol–water partition coefficient (Wildman–Crippen LogP) is 1.64. The standard InChI is InChI=1S/C16H17N3O4S2/c1-22-11-6-3-7-12(23-2)14(11)15(21)17-16(24)19-18-13(20)9-10-5-4-8-25-10/h3-8H,9H2,1-2H3,(H,18,20)(H2,17,19,21,24). The molecule has 9 heteroatoms. The third-order valence-electron chi connectivity index (χ3n) is 3.11. The molecule has 2 rings (SSSR count). The maximum atomic E-state index is 12.4. The van der Waals surface area contributed by atoms with Gasteiger partial charge in [-0.2, -0.15) is 0 Å². The lowest BCUT2D eigenvalue weighted by Gasteiger charge is -2.14. The van der Waals surface area contributed by atoms with E-state index in [-0.39, 0.29) is 23.0 Å². The minimum Gasteiger partial charge on any atom is -0.496 e. The van der Waals surface area contributed by atoms with Gasteiger partial charge in [-0.05, 0) is 35.8 Å². The summed E-state index contributed by atoms with van der Waals surface area (Å²) in [4.78, 5) is 25.1. The molecule has 0 aliphatic carbocycles. The maximum Gasteiger partial charge on any atom is 0.265 e. The first-order chi connectivity index (χ1) is 12.0. The average Bonchev–Trinajstić information content (AvgIpc) is 3.11. The second-order valence-corrected chi connectivity index (χ2v) is 6.19. The third-order valence-corrected chi connectivity index (χ3v) is 4.19. The monoisotopic (exact) mass is 379 g/mol. The first-order valence-electron chi connectivity index (χ1n) is 7.18. The number of carbonyl (C=O) groups excluding carboxylic acids is 2. The molecular formula is C16H17N3O4S2. The van der Waals surface area contributed by atoms with Crippen molar-refractivity contribution in [2.45, 2.75) is 6.42 Å². The number of ether oxygens (including phenoxy) is 2. The lowest BCUT2D eigenvalue weighted by molar-refractivity contribution is -0.120. The average molecular weight is 379 g/mol. The van der Waals surface area contributed by atoms with Gasteiger partial charge in [0.25, 0.3) is 5.91 Å². The number of hydrogen-bond donors (Lipinski definition) is 3. The second-order valence-electron chi connectivity index (χ2n) is 4.75. The largest absolute Gasteiger partial charge is 0.496 e. The van der Waals surface area contributed by atoms with Crippen molar-refractivity contribution < 1.29 is 19.1 Å². The van der Waals surface area contributed by atoms with Gasteiger partial charge in [-0.3, -0.25) is 25.8 Å². The normalized spacial score (nSPS) is 9.84. The van der Waals surface area contributed by atoms with Crippen LogP contribution >= 0.6 is 23.6 Å². The second kappa shape index (κ2) is 9.00. The number of carbonyl (C=O) groups is 2. The van der Waals surface area contributed by atoms with E-state index in [0.717, 1.165) is 4.88 Å². The topological polar surface area (TPSA) is 88.7 Å². The molecule has 1 aromatic heterocycles. The summed E-state index contributed by atoms with van der Waals surface area (Å²) in [5.74, 6) is -0.0870. The molecule has 0 spiro atoms. The molecule has 132 valence electrons. The minimum absolute atomic E-state index is 0.0440. The van der Waals surface area contributed by atoms with Crippen molar-refractivity contribution in [1.29, 1.82) is 0 Å². The molecule has 0 aliphatic rings. The summed E-state index contributed by atoms with van der Waals surface area (Å²) >= 11 is 6.50. The summed E-state index contributed by atoms with van der Waals surface area (Å²) in [6.07, 6.45) is 0.224. The van der Waals surface area contributed by atoms with E-state index in [4.69, 9.17) is 21.7 Å². The Balaban J connectivity index is 1.92. The van der Waals surface area contributed by atoms with Crippen molar-refractivity contribution >= 4 is 40.5 Å². The number of thiocarbonyl (C=S) groups is 1. The Hall–Kier alpha value is -2.65. The van der Waals surface area contributed by atoms with Gasteiger partial charge in [0.05, 0.1) is 20.6 Å². The fraction of sp³-hybridized carbons (Fsp3) is 0.188. The Morgan fingerprint density at radius 3 is 2.32 bits per heavy atom. The summed E-state index contributed by atoms with van der Waals surface area (Å²) in [5.41, 5.74) is 5.14. The Morgan fingerprint density at radius 1 is 1.08 bits per heavy atom. The predicted molar refractivity (Wildman–Crippen MR) is 98.9 cm³/mol. The molecule has 0 fully saturated rings. The van der Waals surface area contributed by atoms with E-state index >= 15 is 0 Å². The molecular weight excluding hydrogens is 362 g/mol. The van der Waals surface area contributed by atoms with Crippen molar-refractivity contribution in [3.63, 3.8) is 0 Å². The molecule has 2 amide bonds. The molecule has 1 aromatic carbocycles. The minimum atomic E-state index is -0.515. The van der Waals surface area contributed by atoms with Crippen molar-refractivity contribution in [2.75, 3.05) is 14.2 Å². The van der Waals surface area contributed by atoms with Gasteiger partial charge in [0.15, 0.2) is 5.11 Å².